The van der Waals surface area contributed by atoms with Crippen molar-refractivity contribution in [3.63, 3.8) is 0 Å². The van der Waals surface area contributed by atoms with Gasteiger partial charge in [-0.1, -0.05) is 47.5 Å². The molecule has 10 heteroatoms. The highest BCUT2D eigenvalue weighted by atomic mass is 35.5. The third-order valence-corrected chi connectivity index (χ3v) is 11.5. The second-order valence-electron chi connectivity index (χ2n) is 10.4. The maximum Gasteiger partial charge on any atom is 0.297 e. The highest BCUT2D eigenvalue weighted by molar-refractivity contribution is 7.91. The zero-order valence-corrected chi connectivity index (χ0v) is 23.8. The molecule has 2 aliphatic carbocycles. The molecule has 7 nitrogen and oxygen atoms in total. The lowest BCUT2D eigenvalue weighted by Crippen LogP contribution is -2.39. The van der Waals surface area contributed by atoms with Crippen LogP contribution in [-0.2, 0) is 30.7 Å². The molecule has 0 N–H and O–H groups in total. The number of halogens is 1. The van der Waals surface area contributed by atoms with Gasteiger partial charge in [0.1, 0.15) is 10.6 Å². The molecule has 38 heavy (non-hydrogen) atoms. The Morgan fingerprint density at radius 3 is 2.39 bits per heavy atom. The van der Waals surface area contributed by atoms with Crippen molar-refractivity contribution in [2.24, 2.45) is 5.92 Å². The fourth-order valence-electron chi connectivity index (χ4n) is 5.27. The Bertz CT molecular complexity index is 1620. The van der Waals surface area contributed by atoms with Crippen LogP contribution >= 0.6 is 11.6 Å². The fraction of sp³-hybridized carbons (Fsp3) is 0.393. The van der Waals surface area contributed by atoms with Crippen LogP contribution in [0.15, 0.2) is 76.7 Å². The molecule has 5 rings (SSSR count). The molecule has 1 aromatic heterocycles. The second kappa shape index (κ2) is 10.3. The Morgan fingerprint density at radius 2 is 1.71 bits per heavy atom. The molecule has 2 aromatic carbocycles. The van der Waals surface area contributed by atoms with Crippen molar-refractivity contribution in [1.29, 1.82) is 0 Å². The van der Waals surface area contributed by atoms with Gasteiger partial charge in [-0.05, 0) is 88.3 Å². The van der Waals surface area contributed by atoms with Gasteiger partial charge >= 0.3 is 0 Å². The number of nitrogens with zero attached hydrogens (tertiary/aromatic N) is 2. The molecule has 0 bridgehead atoms. The highest BCUT2D eigenvalue weighted by Gasteiger charge is 2.41. The molecule has 1 heterocycles. The summed E-state index contributed by atoms with van der Waals surface area (Å²) in [6.07, 6.45) is 8.04. The smallest absolute Gasteiger partial charge is 0.263 e. The zero-order valence-electron chi connectivity index (χ0n) is 21.4. The number of aryl methyl sites for hydroxylation is 1. The summed E-state index contributed by atoms with van der Waals surface area (Å²) in [6, 6.07) is 13.9. The van der Waals surface area contributed by atoms with Gasteiger partial charge in [-0.15, -0.1) is 0 Å². The summed E-state index contributed by atoms with van der Waals surface area (Å²) in [5.74, 6) is 0.643. The lowest BCUT2D eigenvalue weighted by molar-refractivity contribution is 0.136. The molecular weight excluding hydrogens is 544 g/mol. The van der Waals surface area contributed by atoms with E-state index in [1.807, 2.05) is 25.1 Å². The molecule has 1 fully saturated rings. The van der Waals surface area contributed by atoms with Crippen molar-refractivity contribution in [3.05, 3.63) is 83.2 Å². The van der Waals surface area contributed by atoms with Crippen molar-refractivity contribution in [2.75, 3.05) is 0 Å². The summed E-state index contributed by atoms with van der Waals surface area (Å²) in [5, 5.41) is 0.396. The van der Waals surface area contributed by atoms with Crippen molar-refractivity contribution in [2.45, 2.75) is 68.1 Å². The number of hydrogen-bond donors (Lipinski definition) is 0. The fourth-order valence-corrected chi connectivity index (χ4v) is 8.61. The zero-order chi connectivity index (χ0) is 27.1. The Hall–Kier alpha value is -2.46. The molecule has 0 spiro atoms. The minimum Gasteiger partial charge on any atom is -0.263 e. The Balaban J connectivity index is 1.35. The molecule has 202 valence electrons. The summed E-state index contributed by atoms with van der Waals surface area (Å²) in [6.45, 7) is 3.58. The van der Waals surface area contributed by atoms with E-state index in [1.165, 1.54) is 3.97 Å². The van der Waals surface area contributed by atoms with E-state index < -0.39 is 31.0 Å². The van der Waals surface area contributed by atoms with Crippen LogP contribution in [0.4, 0.5) is 0 Å². The molecular formula is C28H31ClN2O5S2. The van der Waals surface area contributed by atoms with Gasteiger partial charge in [0.2, 0.25) is 10.0 Å². The van der Waals surface area contributed by atoms with E-state index >= 15 is 0 Å². The van der Waals surface area contributed by atoms with Gasteiger partial charge in [0, 0.05) is 11.5 Å². The van der Waals surface area contributed by atoms with Crippen molar-refractivity contribution in [1.82, 2.24) is 8.96 Å². The van der Waals surface area contributed by atoms with Crippen LogP contribution in [0.2, 0.25) is 0 Å². The van der Waals surface area contributed by atoms with Crippen LogP contribution < -0.4 is 0 Å². The molecule has 0 amide bonds. The van der Waals surface area contributed by atoms with Crippen LogP contribution in [-0.4, -0.2) is 36.6 Å². The molecule has 1 atom stereocenters. The van der Waals surface area contributed by atoms with E-state index in [4.69, 9.17) is 20.8 Å². The minimum atomic E-state index is -3.89. The van der Waals surface area contributed by atoms with Crippen LogP contribution in [0.3, 0.4) is 0 Å². The predicted molar refractivity (Wildman–Crippen MR) is 149 cm³/mol. The molecule has 0 aliphatic heterocycles. The normalized spacial score (nSPS) is 24.4. The Morgan fingerprint density at radius 1 is 1.03 bits per heavy atom. The van der Waals surface area contributed by atoms with Gasteiger partial charge < -0.3 is 0 Å². The van der Waals surface area contributed by atoms with E-state index in [9.17, 15) is 16.8 Å². The van der Waals surface area contributed by atoms with Crippen molar-refractivity contribution < 1.29 is 21.0 Å². The highest BCUT2D eigenvalue weighted by Crippen LogP contribution is 2.36. The summed E-state index contributed by atoms with van der Waals surface area (Å²) in [7, 11) is -7.73. The van der Waals surface area contributed by atoms with Gasteiger partial charge in [-0.2, -0.15) is 8.42 Å². The number of aromatic nitrogens is 2. The number of rotatable bonds is 7. The van der Waals surface area contributed by atoms with Crippen LogP contribution in [0.25, 0.3) is 11.0 Å². The molecule has 2 aliphatic rings. The first-order valence-corrected chi connectivity index (χ1v) is 16.0. The van der Waals surface area contributed by atoms with Gasteiger partial charge in [-0.25, -0.2) is 17.4 Å². The molecule has 3 aromatic rings. The second-order valence-corrected chi connectivity index (χ2v) is 14.7. The van der Waals surface area contributed by atoms with Gasteiger partial charge in [0.15, 0.2) is 0 Å². The van der Waals surface area contributed by atoms with Gasteiger partial charge in [0.05, 0.1) is 22.0 Å². The van der Waals surface area contributed by atoms with Crippen LogP contribution in [0.1, 0.15) is 50.4 Å². The van der Waals surface area contributed by atoms with Crippen molar-refractivity contribution in [3.8, 4) is 0 Å². The Labute approximate surface area is 229 Å². The summed E-state index contributed by atoms with van der Waals surface area (Å²) < 4.78 is 59.3. The number of imidazole rings is 1. The first-order chi connectivity index (χ1) is 18.0. The van der Waals surface area contributed by atoms with Gasteiger partial charge in [0.25, 0.3) is 10.1 Å². The van der Waals surface area contributed by atoms with Crippen LogP contribution in [0.5, 0.6) is 0 Å². The van der Waals surface area contributed by atoms with E-state index in [1.54, 1.807) is 55.5 Å². The van der Waals surface area contributed by atoms with E-state index in [0.29, 0.717) is 60.4 Å². The molecule has 0 saturated heterocycles. The minimum absolute atomic E-state index is 0.154. The first kappa shape index (κ1) is 27.1. The lowest BCUT2D eigenvalue weighted by Gasteiger charge is -2.30. The molecule has 1 saturated carbocycles. The number of hydrogen-bond acceptors (Lipinski definition) is 6. The molecule has 0 radical (unpaired) electrons. The van der Waals surface area contributed by atoms with E-state index in [2.05, 4.69) is 0 Å². The lowest BCUT2D eigenvalue weighted by atomic mass is 9.85. The SMILES string of the molecule is Cc1ccc(S(=O)(=O)OC2CCC(Cc3nc4ccccc4n3S(=O)(=O)C3(C)C=C(Cl)C=CC3)CC2)cc1. The van der Waals surface area contributed by atoms with Crippen molar-refractivity contribution >= 4 is 42.8 Å². The molecule has 1 unspecified atom stereocenters. The summed E-state index contributed by atoms with van der Waals surface area (Å²) in [5.41, 5.74) is 2.15. The third-order valence-electron chi connectivity index (χ3n) is 7.50. The number of fused-ring (bicyclic) bond motifs is 1. The van der Waals surface area contributed by atoms with Gasteiger partial charge in [-0.3, -0.25) is 4.18 Å². The summed E-state index contributed by atoms with van der Waals surface area (Å²) >= 11 is 6.22. The largest absolute Gasteiger partial charge is 0.297 e. The topological polar surface area (TPSA) is 95.3 Å². The number of benzene rings is 2. The van der Waals surface area contributed by atoms with E-state index in [0.717, 1.165) is 5.56 Å². The first-order valence-electron chi connectivity index (χ1n) is 12.7. The van der Waals surface area contributed by atoms with E-state index in [-0.39, 0.29) is 10.8 Å². The third kappa shape index (κ3) is 5.21. The predicted octanol–water partition coefficient (Wildman–Crippen LogP) is 5.87. The van der Waals surface area contributed by atoms with Crippen LogP contribution in [0, 0.1) is 12.8 Å². The maximum atomic E-state index is 14.1. The number of para-hydroxylation sites is 2. The maximum absolute atomic E-state index is 14.1. The standard InChI is InChI=1S/C28H31ClN2O5S2/c1-20-9-15-24(16-10-20)37(32,33)36-23-13-11-21(12-14-23)18-27-30-25-7-3-4-8-26(25)31(27)38(34,35)28(2)17-5-6-22(29)19-28/h3-10,15-16,19,21,23H,11-14,17-18H2,1-2H3. The monoisotopic (exact) mass is 574 g/mol. The summed E-state index contributed by atoms with van der Waals surface area (Å²) in [4.78, 5) is 4.88. The number of allylic oxidation sites excluding steroid dienone is 3. The average molecular weight is 575 g/mol. The Kier molecular flexibility index (Phi) is 7.32. The average Bonchev–Trinajstić information content (AvgIpc) is 3.23. The quantitative estimate of drug-likeness (QED) is 0.327.